The van der Waals surface area contributed by atoms with Crippen LogP contribution in [0.5, 0.6) is 17.2 Å². The number of nitrogens with one attached hydrogen (secondary N) is 2. The molecular formula is C41H46N2O5S2. The van der Waals surface area contributed by atoms with Crippen molar-refractivity contribution in [3.05, 3.63) is 121 Å². The largest absolute Gasteiger partial charge is 0.494 e. The van der Waals surface area contributed by atoms with Gasteiger partial charge < -0.3 is 9.47 Å². The minimum absolute atomic E-state index is 0.0653. The van der Waals surface area contributed by atoms with Crippen molar-refractivity contribution in [1.29, 1.82) is 0 Å². The normalized spacial score (nSPS) is 11.3. The number of carbonyl (C=O) groups excluding carboxylic acids is 1. The Bertz CT molecular complexity index is 1900. The summed E-state index contributed by atoms with van der Waals surface area (Å²) < 4.78 is 42.4. The molecule has 0 heterocycles. The fraction of sp³-hybridized carbons (Fsp3) is 0.293. The van der Waals surface area contributed by atoms with Crippen LogP contribution in [0.4, 0.5) is 11.4 Å². The second-order valence-corrected chi connectivity index (χ2v) is 14.8. The van der Waals surface area contributed by atoms with Gasteiger partial charge in [-0.05, 0) is 114 Å². The van der Waals surface area contributed by atoms with E-state index in [0.29, 0.717) is 35.0 Å². The predicted octanol–water partition coefficient (Wildman–Crippen LogP) is 11.6. The molecule has 0 aromatic heterocycles. The summed E-state index contributed by atoms with van der Waals surface area (Å²) in [5, 5.41) is 1.90. The van der Waals surface area contributed by atoms with Crippen LogP contribution in [0.15, 0.2) is 120 Å². The summed E-state index contributed by atoms with van der Waals surface area (Å²) >= 11 is 1.17. The van der Waals surface area contributed by atoms with Crippen LogP contribution in [-0.4, -0.2) is 20.1 Å². The van der Waals surface area contributed by atoms with Gasteiger partial charge in [-0.15, -0.1) is 0 Å². The van der Waals surface area contributed by atoms with Crippen molar-refractivity contribution in [2.45, 2.75) is 76.0 Å². The first-order valence-corrected chi connectivity index (χ1v) is 19.8. The molecule has 0 aliphatic heterocycles. The van der Waals surface area contributed by atoms with Gasteiger partial charge in [-0.3, -0.25) is 14.2 Å². The third-order valence-corrected chi connectivity index (χ3v) is 10.2. The van der Waals surface area contributed by atoms with Crippen molar-refractivity contribution in [3.63, 3.8) is 0 Å². The third kappa shape index (κ3) is 12.1. The Morgan fingerprint density at radius 3 is 1.80 bits per heavy atom. The van der Waals surface area contributed by atoms with Gasteiger partial charge in [0.15, 0.2) is 0 Å². The number of rotatable bonds is 20. The Labute approximate surface area is 301 Å². The van der Waals surface area contributed by atoms with Crippen molar-refractivity contribution >= 4 is 49.2 Å². The van der Waals surface area contributed by atoms with E-state index in [1.165, 1.54) is 69.5 Å². The highest BCUT2D eigenvalue weighted by Gasteiger charge is 2.12. The average molecular weight is 711 g/mol. The lowest BCUT2D eigenvalue weighted by Gasteiger charge is -2.12. The average Bonchev–Trinajstić information content (AvgIpc) is 3.12. The molecule has 0 saturated heterocycles. The number of carbonyl (C=O) groups is 1. The number of hydrogen-bond donors (Lipinski definition) is 2. The molecule has 0 radical (unpaired) electrons. The van der Waals surface area contributed by atoms with E-state index in [9.17, 15) is 13.2 Å². The number of unbranched alkanes of at least 4 members (excludes halogenated alkanes) is 9. The summed E-state index contributed by atoms with van der Waals surface area (Å²) in [5.74, 6) is 1.91. The molecule has 262 valence electrons. The SMILES string of the molecule is CCCCCCCCCCCCOc1ccc(SC(=O)c2ccc(Oc3ccc(NS(=O)(=O)Nc4ccc5ccccc5c4)cc3)cc2)cc1. The Balaban J connectivity index is 1.01. The molecule has 5 rings (SSSR count). The second-order valence-electron chi connectivity index (χ2n) is 12.3. The van der Waals surface area contributed by atoms with Gasteiger partial charge in [-0.2, -0.15) is 8.42 Å². The molecule has 2 N–H and O–H groups in total. The molecule has 0 saturated carbocycles. The van der Waals surface area contributed by atoms with Crippen molar-refractivity contribution < 1.29 is 22.7 Å². The number of thioether (sulfide) groups is 1. The van der Waals surface area contributed by atoms with Crippen LogP contribution in [0.1, 0.15) is 81.5 Å². The maximum Gasteiger partial charge on any atom is 0.321 e. The van der Waals surface area contributed by atoms with Crippen LogP contribution in [0, 0.1) is 0 Å². The first kappa shape index (κ1) is 36.8. The molecule has 7 nitrogen and oxygen atoms in total. The van der Waals surface area contributed by atoms with Crippen molar-refractivity contribution in [2.24, 2.45) is 0 Å². The lowest BCUT2D eigenvalue weighted by atomic mass is 10.1. The first-order chi connectivity index (χ1) is 24.4. The maximum atomic E-state index is 12.9. The summed E-state index contributed by atoms with van der Waals surface area (Å²) in [6.45, 7) is 2.97. The lowest BCUT2D eigenvalue weighted by molar-refractivity contribution is 0.108. The van der Waals surface area contributed by atoms with Crippen LogP contribution in [0.25, 0.3) is 10.8 Å². The van der Waals surface area contributed by atoms with Gasteiger partial charge in [0.2, 0.25) is 5.12 Å². The zero-order valence-electron chi connectivity index (χ0n) is 28.6. The third-order valence-electron chi connectivity index (χ3n) is 8.23. The maximum absolute atomic E-state index is 12.9. The number of hydrogen-bond acceptors (Lipinski definition) is 6. The highest BCUT2D eigenvalue weighted by molar-refractivity contribution is 8.14. The molecule has 5 aromatic rings. The fourth-order valence-electron chi connectivity index (χ4n) is 5.52. The molecule has 5 aromatic carbocycles. The van der Waals surface area contributed by atoms with Crippen molar-refractivity contribution in [2.75, 3.05) is 16.1 Å². The molecule has 0 fully saturated rings. The lowest BCUT2D eigenvalue weighted by Crippen LogP contribution is -2.21. The molecule has 0 bridgehead atoms. The Morgan fingerprint density at radius 1 is 0.600 bits per heavy atom. The number of benzene rings is 5. The molecule has 50 heavy (non-hydrogen) atoms. The molecule has 0 atom stereocenters. The summed E-state index contributed by atoms with van der Waals surface area (Å²) in [5.41, 5.74) is 1.42. The van der Waals surface area contributed by atoms with Gasteiger partial charge in [-0.1, -0.05) is 95.0 Å². The zero-order valence-corrected chi connectivity index (χ0v) is 30.2. The van der Waals surface area contributed by atoms with Crippen molar-refractivity contribution in [1.82, 2.24) is 0 Å². The van der Waals surface area contributed by atoms with E-state index in [1.54, 1.807) is 60.7 Å². The quantitative estimate of drug-likeness (QED) is 0.0617. The van der Waals surface area contributed by atoms with Gasteiger partial charge in [0, 0.05) is 10.5 Å². The van der Waals surface area contributed by atoms with E-state index in [2.05, 4.69) is 16.4 Å². The predicted molar refractivity (Wildman–Crippen MR) is 207 cm³/mol. The van der Waals surface area contributed by atoms with E-state index >= 15 is 0 Å². The Hall–Kier alpha value is -4.47. The monoisotopic (exact) mass is 710 g/mol. The van der Waals surface area contributed by atoms with Gasteiger partial charge in [0.1, 0.15) is 17.2 Å². The molecule has 0 aliphatic rings. The Kier molecular flexibility index (Phi) is 14.0. The number of ether oxygens (including phenoxy) is 2. The smallest absolute Gasteiger partial charge is 0.321 e. The van der Waals surface area contributed by atoms with Gasteiger partial charge >= 0.3 is 10.2 Å². The number of fused-ring (bicyclic) bond motifs is 1. The van der Waals surface area contributed by atoms with E-state index in [0.717, 1.165) is 27.8 Å². The fourth-order valence-corrected chi connectivity index (χ4v) is 7.20. The minimum atomic E-state index is -3.86. The first-order valence-electron chi connectivity index (χ1n) is 17.5. The molecule has 0 aliphatic carbocycles. The highest BCUT2D eigenvalue weighted by atomic mass is 32.2. The molecule has 0 amide bonds. The van der Waals surface area contributed by atoms with Gasteiger partial charge in [0.25, 0.3) is 0 Å². The minimum Gasteiger partial charge on any atom is -0.494 e. The molecule has 0 spiro atoms. The van der Waals surface area contributed by atoms with Crippen LogP contribution >= 0.6 is 11.8 Å². The van der Waals surface area contributed by atoms with Crippen LogP contribution in [0.3, 0.4) is 0 Å². The Morgan fingerprint density at radius 2 is 1.14 bits per heavy atom. The standard InChI is InChI=1S/C41H46N2O5S2/c1-2-3-4-5-6-7-8-9-10-13-30-47-37-26-28-40(29-27-37)49-41(44)33-17-22-38(23-18-33)48-39-24-20-35(21-25-39)42-50(45,46)43-36-19-16-32-14-11-12-15-34(32)31-36/h11-12,14-29,31,42-43H,2-10,13,30H2,1H3. The van der Waals surface area contributed by atoms with Crippen LogP contribution in [0.2, 0.25) is 0 Å². The second kappa shape index (κ2) is 19.1. The van der Waals surface area contributed by atoms with Crippen LogP contribution in [-0.2, 0) is 10.2 Å². The topological polar surface area (TPSA) is 93.7 Å². The molecular weight excluding hydrogens is 665 g/mol. The highest BCUT2D eigenvalue weighted by Crippen LogP contribution is 2.28. The van der Waals surface area contributed by atoms with E-state index in [-0.39, 0.29) is 5.12 Å². The number of anilines is 2. The van der Waals surface area contributed by atoms with Gasteiger partial charge in [-0.25, -0.2) is 0 Å². The van der Waals surface area contributed by atoms with Gasteiger partial charge in [0.05, 0.1) is 18.0 Å². The molecule has 0 unspecified atom stereocenters. The van der Waals surface area contributed by atoms with Crippen molar-refractivity contribution in [3.8, 4) is 17.2 Å². The van der Waals surface area contributed by atoms with E-state index < -0.39 is 10.2 Å². The molecule has 9 heteroatoms. The summed E-state index contributed by atoms with van der Waals surface area (Å²) in [4.78, 5) is 13.8. The van der Waals surface area contributed by atoms with Crippen LogP contribution < -0.4 is 18.9 Å². The van der Waals surface area contributed by atoms with E-state index in [4.69, 9.17) is 9.47 Å². The summed E-state index contributed by atoms with van der Waals surface area (Å²) in [6.07, 6.45) is 13.0. The zero-order chi connectivity index (χ0) is 35.0. The summed E-state index contributed by atoms with van der Waals surface area (Å²) in [6, 6.07) is 34.3. The summed E-state index contributed by atoms with van der Waals surface area (Å²) in [7, 11) is -3.86. The van der Waals surface area contributed by atoms with E-state index in [1.807, 2.05) is 54.6 Å².